The van der Waals surface area contributed by atoms with Crippen LogP contribution in [0.4, 0.5) is 11.4 Å². The maximum Gasteiger partial charge on any atom is 0.255 e. The SMILES string of the molecule is COc1ccc(C(=O)Nc2ccc(C(C)(C)C(=O)Nc3ccc(C(C)(C)C#N)c(-c4cnn(C)c4)c3)cc2)cc1OC. The molecular formula is C33H35N5O4. The van der Waals surface area contributed by atoms with Crippen LogP contribution in [0.5, 0.6) is 11.5 Å². The Morgan fingerprint density at radius 3 is 2.14 bits per heavy atom. The summed E-state index contributed by atoms with van der Waals surface area (Å²) in [5, 5.41) is 20.0. The Hall–Kier alpha value is -5.10. The molecule has 0 atom stereocenters. The zero-order valence-electron chi connectivity index (χ0n) is 24.9. The number of methoxy groups -OCH3 is 2. The molecule has 2 N–H and O–H groups in total. The zero-order chi connectivity index (χ0) is 30.7. The molecule has 4 rings (SSSR count). The van der Waals surface area contributed by atoms with Crippen molar-refractivity contribution in [2.75, 3.05) is 24.9 Å². The molecule has 0 aliphatic rings. The van der Waals surface area contributed by atoms with E-state index in [0.717, 1.165) is 22.3 Å². The van der Waals surface area contributed by atoms with E-state index in [9.17, 15) is 14.9 Å². The number of nitriles is 1. The maximum absolute atomic E-state index is 13.5. The largest absolute Gasteiger partial charge is 0.493 e. The number of nitrogens with zero attached hydrogens (tertiary/aromatic N) is 3. The third-order valence-electron chi connectivity index (χ3n) is 7.32. The van der Waals surface area contributed by atoms with E-state index in [1.54, 1.807) is 41.2 Å². The van der Waals surface area contributed by atoms with Crippen LogP contribution in [-0.4, -0.2) is 35.8 Å². The molecule has 9 nitrogen and oxygen atoms in total. The van der Waals surface area contributed by atoms with Gasteiger partial charge < -0.3 is 20.1 Å². The van der Waals surface area contributed by atoms with Crippen molar-refractivity contribution >= 4 is 23.2 Å². The number of carbonyl (C=O) groups excluding carboxylic acids is 2. The molecule has 42 heavy (non-hydrogen) atoms. The van der Waals surface area contributed by atoms with Gasteiger partial charge in [0.05, 0.1) is 37.3 Å². The van der Waals surface area contributed by atoms with E-state index in [2.05, 4.69) is 21.8 Å². The molecule has 0 unspecified atom stereocenters. The van der Waals surface area contributed by atoms with Crippen molar-refractivity contribution in [2.45, 2.75) is 38.5 Å². The number of carbonyl (C=O) groups is 2. The quantitative estimate of drug-likeness (QED) is 0.254. The summed E-state index contributed by atoms with van der Waals surface area (Å²) < 4.78 is 12.2. The highest BCUT2D eigenvalue weighted by Crippen LogP contribution is 2.36. The Kier molecular flexibility index (Phi) is 8.39. The Balaban J connectivity index is 1.52. The highest BCUT2D eigenvalue weighted by Gasteiger charge is 2.31. The summed E-state index contributed by atoms with van der Waals surface area (Å²) in [5.41, 5.74) is 3.33. The van der Waals surface area contributed by atoms with Gasteiger partial charge in [-0.25, -0.2) is 0 Å². The van der Waals surface area contributed by atoms with Gasteiger partial charge in [0.2, 0.25) is 5.91 Å². The Morgan fingerprint density at radius 2 is 1.55 bits per heavy atom. The second kappa shape index (κ2) is 11.8. The Labute approximate surface area is 246 Å². The third-order valence-corrected chi connectivity index (χ3v) is 7.32. The van der Waals surface area contributed by atoms with Crippen LogP contribution >= 0.6 is 0 Å². The summed E-state index contributed by atoms with van der Waals surface area (Å²) in [6.07, 6.45) is 3.63. The van der Waals surface area contributed by atoms with Crippen LogP contribution in [0, 0.1) is 11.3 Å². The fourth-order valence-corrected chi connectivity index (χ4v) is 4.60. The lowest BCUT2D eigenvalue weighted by Gasteiger charge is -2.25. The van der Waals surface area contributed by atoms with Crippen LogP contribution in [0.15, 0.2) is 73.1 Å². The number of amides is 2. The maximum atomic E-state index is 13.5. The van der Waals surface area contributed by atoms with E-state index in [4.69, 9.17) is 9.47 Å². The summed E-state index contributed by atoms with van der Waals surface area (Å²) in [6.45, 7) is 7.41. The summed E-state index contributed by atoms with van der Waals surface area (Å²) in [4.78, 5) is 26.3. The third kappa shape index (κ3) is 6.13. The second-order valence-electron chi connectivity index (χ2n) is 11.1. The van der Waals surface area contributed by atoms with Crippen molar-refractivity contribution in [1.29, 1.82) is 5.26 Å². The fraction of sp³-hybridized carbons (Fsp3) is 0.273. The predicted octanol–water partition coefficient (Wildman–Crippen LogP) is 6.07. The first kappa shape index (κ1) is 29.9. The number of hydrogen-bond acceptors (Lipinski definition) is 6. The van der Waals surface area contributed by atoms with E-state index in [0.29, 0.717) is 28.4 Å². The molecule has 0 bridgehead atoms. The number of rotatable bonds is 9. The van der Waals surface area contributed by atoms with Gasteiger partial charge in [0.1, 0.15) is 0 Å². The molecule has 3 aromatic carbocycles. The number of anilines is 2. The first-order chi connectivity index (χ1) is 19.9. The topological polar surface area (TPSA) is 118 Å². The van der Waals surface area contributed by atoms with Crippen LogP contribution in [0.2, 0.25) is 0 Å². The first-order valence-corrected chi connectivity index (χ1v) is 13.4. The average Bonchev–Trinajstić information content (AvgIpc) is 3.42. The number of ether oxygens (including phenoxy) is 2. The fourth-order valence-electron chi connectivity index (χ4n) is 4.60. The normalized spacial score (nSPS) is 11.4. The minimum Gasteiger partial charge on any atom is -0.493 e. The van der Waals surface area contributed by atoms with Gasteiger partial charge in [-0.1, -0.05) is 18.2 Å². The average molecular weight is 566 g/mol. The molecule has 0 saturated carbocycles. The molecule has 1 heterocycles. The molecule has 0 fully saturated rings. The van der Waals surface area contributed by atoms with E-state index >= 15 is 0 Å². The molecule has 216 valence electrons. The zero-order valence-corrected chi connectivity index (χ0v) is 24.9. The molecule has 4 aromatic rings. The molecule has 0 radical (unpaired) electrons. The molecule has 0 aliphatic heterocycles. The monoisotopic (exact) mass is 565 g/mol. The van der Waals surface area contributed by atoms with Gasteiger partial charge in [-0.05, 0) is 86.8 Å². The molecule has 0 saturated heterocycles. The highest BCUT2D eigenvalue weighted by atomic mass is 16.5. The van der Waals surface area contributed by atoms with Crippen molar-refractivity contribution in [2.24, 2.45) is 7.05 Å². The van der Waals surface area contributed by atoms with Crippen LogP contribution < -0.4 is 20.1 Å². The lowest BCUT2D eigenvalue weighted by atomic mass is 9.81. The number of aromatic nitrogens is 2. The van der Waals surface area contributed by atoms with Gasteiger partial charge >= 0.3 is 0 Å². The van der Waals surface area contributed by atoms with Gasteiger partial charge in [-0.3, -0.25) is 14.3 Å². The van der Waals surface area contributed by atoms with Gasteiger partial charge in [-0.2, -0.15) is 10.4 Å². The molecule has 2 amide bonds. The molecular weight excluding hydrogens is 530 g/mol. The van der Waals surface area contributed by atoms with Crippen molar-refractivity contribution in [3.8, 4) is 28.7 Å². The standard InChI is InChI=1S/C33H35N5O4/c1-32(2,20-34)27-14-13-25(17-26(27)22-18-35-38(5)19-22)37-31(40)33(3,4)23-9-11-24(12-10-23)36-30(39)21-8-15-28(41-6)29(16-21)42-7/h8-19H,1-7H3,(H,36,39)(H,37,40). The molecule has 0 aliphatic carbocycles. The lowest BCUT2D eigenvalue weighted by molar-refractivity contribution is -0.120. The van der Waals surface area contributed by atoms with Crippen LogP contribution in [0.25, 0.3) is 11.1 Å². The second-order valence-corrected chi connectivity index (χ2v) is 11.1. The summed E-state index contributed by atoms with van der Waals surface area (Å²) in [6, 6.07) is 20.1. The highest BCUT2D eigenvalue weighted by molar-refractivity contribution is 6.05. The minimum absolute atomic E-state index is 0.200. The van der Waals surface area contributed by atoms with E-state index in [1.165, 1.54) is 14.2 Å². The Morgan fingerprint density at radius 1 is 0.881 bits per heavy atom. The van der Waals surface area contributed by atoms with Crippen molar-refractivity contribution in [3.63, 3.8) is 0 Å². The van der Waals surface area contributed by atoms with E-state index < -0.39 is 10.8 Å². The molecule has 9 heteroatoms. The number of aryl methyl sites for hydroxylation is 1. The number of benzene rings is 3. The Bertz CT molecular complexity index is 1660. The van der Waals surface area contributed by atoms with Gasteiger partial charge in [-0.15, -0.1) is 0 Å². The predicted molar refractivity (Wildman–Crippen MR) is 163 cm³/mol. The van der Waals surface area contributed by atoms with E-state index in [-0.39, 0.29) is 11.8 Å². The van der Waals surface area contributed by atoms with Crippen LogP contribution in [0.3, 0.4) is 0 Å². The smallest absolute Gasteiger partial charge is 0.255 e. The number of nitrogens with one attached hydrogen (secondary N) is 2. The van der Waals surface area contributed by atoms with Gasteiger partial charge in [0, 0.05) is 35.7 Å². The van der Waals surface area contributed by atoms with Crippen LogP contribution in [0.1, 0.15) is 49.2 Å². The summed E-state index contributed by atoms with van der Waals surface area (Å²) in [7, 11) is 4.88. The van der Waals surface area contributed by atoms with Crippen LogP contribution in [-0.2, 0) is 22.7 Å². The van der Waals surface area contributed by atoms with E-state index in [1.807, 2.05) is 71.3 Å². The summed E-state index contributed by atoms with van der Waals surface area (Å²) in [5.74, 6) is 0.501. The minimum atomic E-state index is -0.884. The van der Waals surface area contributed by atoms with Gasteiger partial charge in [0.25, 0.3) is 5.91 Å². The summed E-state index contributed by atoms with van der Waals surface area (Å²) >= 11 is 0. The number of hydrogen-bond donors (Lipinski definition) is 2. The van der Waals surface area contributed by atoms with Crippen molar-refractivity contribution < 1.29 is 19.1 Å². The van der Waals surface area contributed by atoms with Crippen molar-refractivity contribution in [1.82, 2.24) is 9.78 Å². The lowest BCUT2D eigenvalue weighted by Crippen LogP contribution is -2.34. The first-order valence-electron chi connectivity index (χ1n) is 13.4. The van der Waals surface area contributed by atoms with Gasteiger partial charge in [0.15, 0.2) is 11.5 Å². The molecule has 0 spiro atoms. The van der Waals surface area contributed by atoms with Crippen molar-refractivity contribution in [3.05, 3.63) is 89.7 Å². The molecule has 1 aromatic heterocycles.